The number of rotatable bonds is 4. The molecule has 0 unspecified atom stereocenters. The molecule has 0 fully saturated rings. The zero-order chi connectivity index (χ0) is 11.3. The van der Waals surface area contributed by atoms with Crippen LogP contribution < -0.4 is 5.73 Å². The normalized spacial score (nSPS) is 11.4. The maximum absolute atomic E-state index is 11.0. The summed E-state index contributed by atoms with van der Waals surface area (Å²) in [4.78, 5) is 11.0. The molecule has 1 aromatic rings. The molecule has 0 radical (unpaired) electrons. The third-order valence-corrected chi connectivity index (χ3v) is 2.43. The molecule has 0 bridgehead atoms. The smallest absolute Gasteiger partial charge is 0.307 e. The minimum Gasteiger partial charge on any atom is -0.469 e. The van der Waals surface area contributed by atoms with Gasteiger partial charge in [-0.2, -0.15) is 0 Å². The van der Waals surface area contributed by atoms with Crippen LogP contribution in [0.3, 0.4) is 0 Å². The summed E-state index contributed by atoms with van der Waals surface area (Å²) in [6.07, 6.45) is 1.23. The van der Waals surface area contributed by atoms with E-state index >= 15 is 0 Å². The number of nitrogens with two attached hydrogens (primary N) is 1. The Morgan fingerprint density at radius 3 is 2.38 bits per heavy atom. The summed E-state index contributed by atoms with van der Waals surface area (Å²) in [6, 6.07) is 7.72. The summed E-state index contributed by atoms with van der Waals surface area (Å²) in [7, 11) is 1.37. The van der Waals surface area contributed by atoms with Crippen molar-refractivity contribution in [2.45, 2.75) is 25.8 Å². The molecule has 0 aliphatic heterocycles. The Balaban J connectivity index is 0.00000225. The van der Waals surface area contributed by atoms with Gasteiger partial charge >= 0.3 is 5.97 Å². The SMILES string of the molecule is CCc1ccc([C@H](N)CC(=O)OC)cc1.Cl. The van der Waals surface area contributed by atoms with Crippen LogP contribution in [-0.4, -0.2) is 13.1 Å². The molecule has 0 saturated heterocycles. The van der Waals surface area contributed by atoms with Crippen molar-refractivity contribution >= 4 is 18.4 Å². The van der Waals surface area contributed by atoms with Gasteiger partial charge in [0.05, 0.1) is 13.5 Å². The molecule has 0 saturated carbocycles. The molecule has 0 heterocycles. The Kier molecular flexibility index (Phi) is 6.77. The van der Waals surface area contributed by atoms with Crippen molar-refractivity contribution in [1.29, 1.82) is 0 Å². The second-order valence-electron chi connectivity index (χ2n) is 3.48. The molecule has 0 aromatic heterocycles. The molecule has 0 aliphatic carbocycles. The molecule has 3 nitrogen and oxygen atoms in total. The highest BCUT2D eigenvalue weighted by atomic mass is 35.5. The first-order chi connectivity index (χ1) is 7.17. The summed E-state index contributed by atoms with van der Waals surface area (Å²) in [5.41, 5.74) is 8.10. The Morgan fingerprint density at radius 2 is 1.94 bits per heavy atom. The van der Waals surface area contributed by atoms with Crippen LogP contribution in [0, 0.1) is 0 Å². The molecule has 2 N–H and O–H groups in total. The second kappa shape index (κ2) is 7.25. The molecular formula is C12H18ClNO2. The van der Waals surface area contributed by atoms with Crippen molar-refractivity contribution in [2.24, 2.45) is 5.73 Å². The predicted octanol–water partition coefficient (Wildman–Crippen LogP) is 2.23. The zero-order valence-electron chi connectivity index (χ0n) is 9.60. The number of carbonyl (C=O) groups is 1. The van der Waals surface area contributed by atoms with Gasteiger partial charge in [-0.25, -0.2) is 0 Å². The first kappa shape index (κ1) is 14.9. The maximum atomic E-state index is 11.0. The first-order valence-corrected chi connectivity index (χ1v) is 5.08. The highest BCUT2D eigenvalue weighted by Crippen LogP contribution is 2.15. The summed E-state index contributed by atoms with van der Waals surface area (Å²) < 4.78 is 4.57. The number of ether oxygens (including phenoxy) is 1. The summed E-state index contributed by atoms with van der Waals surface area (Å²) >= 11 is 0. The van der Waals surface area contributed by atoms with E-state index in [2.05, 4.69) is 11.7 Å². The van der Waals surface area contributed by atoms with Crippen LogP contribution in [0.15, 0.2) is 24.3 Å². The van der Waals surface area contributed by atoms with Crippen molar-refractivity contribution in [1.82, 2.24) is 0 Å². The Hall–Kier alpha value is -1.06. The molecule has 0 spiro atoms. The number of hydrogen-bond donors (Lipinski definition) is 1. The van der Waals surface area contributed by atoms with Gasteiger partial charge in [-0.05, 0) is 17.5 Å². The number of carbonyl (C=O) groups excluding carboxylic acids is 1. The maximum Gasteiger partial charge on any atom is 0.307 e. The van der Waals surface area contributed by atoms with Crippen molar-refractivity contribution in [2.75, 3.05) is 7.11 Å². The lowest BCUT2D eigenvalue weighted by Crippen LogP contribution is -2.16. The largest absolute Gasteiger partial charge is 0.469 e. The summed E-state index contributed by atoms with van der Waals surface area (Å²) in [6.45, 7) is 2.10. The fraction of sp³-hybridized carbons (Fsp3) is 0.417. The minimum atomic E-state index is -0.276. The number of esters is 1. The average molecular weight is 244 g/mol. The molecular weight excluding hydrogens is 226 g/mol. The molecule has 1 atom stereocenters. The molecule has 0 aliphatic rings. The van der Waals surface area contributed by atoms with Gasteiger partial charge in [-0.1, -0.05) is 31.2 Å². The fourth-order valence-electron chi connectivity index (χ4n) is 1.38. The van der Waals surface area contributed by atoms with E-state index in [0.717, 1.165) is 12.0 Å². The Labute approximate surface area is 102 Å². The summed E-state index contributed by atoms with van der Waals surface area (Å²) in [5, 5.41) is 0. The lowest BCUT2D eigenvalue weighted by atomic mass is 10.0. The molecule has 4 heteroatoms. The zero-order valence-corrected chi connectivity index (χ0v) is 10.4. The molecule has 16 heavy (non-hydrogen) atoms. The molecule has 1 aromatic carbocycles. The lowest BCUT2D eigenvalue weighted by molar-refractivity contribution is -0.141. The van der Waals surface area contributed by atoms with E-state index in [9.17, 15) is 4.79 Å². The van der Waals surface area contributed by atoms with Gasteiger partial charge < -0.3 is 10.5 Å². The van der Waals surface area contributed by atoms with E-state index in [1.54, 1.807) is 0 Å². The van der Waals surface area contributed by atoms with Crippen molar-refractivity contribution in [3.63, 3.8) is 0 Å². The quantitative estimate of drug-likeness (QED) is 0.826. The van der Waals surface area contributed by atoms with E-state index in [4.69, 9.17) is 5.73 Å². The predicted molar refractivity (Wildman–Crippen MR) is 66.6 cm³/mol. The number of aryl methyl sites for hydroxylation is 1. The lowest BCUT2D eigenvalue weighted by Gasteiger charge is -2.10. The first-order valence-electron chi connectivity index (χ1n) is 5.08. The Morgan fingerprint density at radius 1 is 1.38 bits per heavy atom. The number of halogens is 1. The van der Waals surface area contributed by atoms with Crippen LogP contribution in [0.5, 0.6) is 0 Å². The van der Waals surface area contributed by atoms with Gasteiger partial charge in [-0.15, -0.1) is 12.4 Å². The number of methoxy groups -OCH3 is 1. The van der Waals surface area contributed by atoms with Crippen molar-refractivity contribution < 1.29 is 9.53 Å². The fourth-order valence-corrected chi connectivity index (χ4v) is 1.38. The highest BCUT2D eigenvalue weighted by Gasteiger charge is 2.11. The molecule has 90 valence electrons. The van der Waals surface area contributed by atoms with E-state index in [0.29, 0.717) is 0 Å². The van der Waals surface area contributed by atoms with E-state index in [1.165, 1.54) is 12.7 Å². The topological polar surface area (TPSA) is 52.3 Å². The van der Waals surface area contributed by atoms with E-state index < -0.39 is 0 Å². The highest BCUT2D eigenvalue weighted by molar-refractivity contribution is 5.85. The van der Waals surface area contributed by atoms with Gasteiger partial charge in [-0.3, -0.25) is 4.79 Å². The van der Waals surface area contributed by atoms with E-state index in [-0.39, 0.29) is 30.8 Å². The van der Waals surface area contributed by atoms with Crippen LogP contribution in [0.4, 0.5) is 0 Å². The van der Waals surface area contributed by atoms with Crippen LogP contribution in [0.2, 0.25) is 0 Å². The average Bonchev–Trinajstić information content (AvgIpc) is 2.29. The third kappa shape index (κ3) is 4.21. The van der Waals surface area contributed by atoms with Gasteiger partial charge in [0.1, 0.15) is 0 Å². The Bertz CT molecular complexity index is 324. The second-order valence-corrected chi connectivity index (χ2v) is 3.48. The molecule has 1 rings (SSSR count). The van der Waals surface area contributed by atoms with Gasteiger partial charge in [0, 0.05) is 6.04 Å². The third-order valence-electron chi connectivity index (χ3n) is 2.43. The minimum absolute atomic E-state index is 0. The monoisotopic (exact) mass is 243 g/mol. The van der Waals surface area contributed by atoms with Gasteiger partial charge in [0.25, 0.3) is 0 Å². The van der Waals surface area contributed by atoms with Gasteiger partial charge in [0.2, 0.25) is 0 Å². The van der Waals surface area contributed by atoms with Crippen LogP contribution >= 0.6 is 12.4 Å². The standard InChI is InChI=1S/C12H17NO2.ClH/c1-3-9-4-6-10(7-5-9)11(13)8-12(14)15-2;/h4-7,11H,3,8,13H2,1-2H3;1H/t11-;/m1./s1. The molecule has 0 amide bonds. The summed E-state index contributed by atoms with van der Waals surface area (Å²) in [5.74, 6) is -0.276. The number of hydrogen-bond acceptors (Lipinski definition) is 3. The van der Waals surface area contributed by atoms with Crippen molar-refractivity contribution in [3.05, 3.63) is 35.4 Å². The van der Waals surface area contributed by atoms with Crippen molar-refractivity contribution in [3.8, 4) is 0 Å². The van der Waals surface area contributed by atoms with Gasteiger partial charge in [0.15, 0.2) is 0 Å². The van der Waals surface area contributed by atoms with E-state index in [1.807, 2.05) is 24.3 Å². The number of benzene rings is 1. The van der Waals surface area contributed by atoms with Crippen LogP contribution in [0.1, 0.15) is 30.5 Å². The van der Waals surface area contributed by atoms with Crippen LogP contribution in [0.25, 0.3) is 0 Å². The van der Waals surface area contributed by atoms with Crippen LogP contribution in [-0.2, 0) is 16.0 Å².